The van der Waals surface area contributed by atoms with Crippen LogP contribution in [0, 0.1) is 12.7 Å². The van der Waals surface area contributed by atoms with Crippen molar-refractivity contribution >= 4 is 29.0 Å². The number of carbonyl (C=O) groups excluding carboxylic acids is 2. The maximum atomic E-state index is 13.6. The number of anilines is 1. The molecule has 0 bridgehead atoms. The Bertz CT molecular complexity index is 1090. The van der Waals surface area contributed by atoms with Crippen molar-refractivity contribution < 1.29 is 18.7 Å². The van der Waals surface area contributed by atoms with Crippen LogP contribution < -0.4 is 5.32 Å². The van der Waals surface area contributed by atoms with E-state index in [0.29, 0.717) is 45.0 Å². The van der Waals surface area contributed by atoms with Crippen LogP contribution in [0.5, 0.6) is 0 Å². The Labute approximate surface area is 210 Å². The van der Waals surface area contributed by atoms with Gasteiger partial charge in [-0.3, -0.25) is 4.79 Å². The number of halogens is 1. The summed E-state index contributed by atoms with van der Waals surface area (Å²) in [6, 6.07) is 17.1. The van der Waals surface area contributed by atoms with Crippen LogP contribution in [-0.4, -0.2) is 48.0 Å². The van der Waals surface area contributed by atoms with E-state index in [1.807, 2.05) is 55.6 Å². The summed E-state index contributed by atoms with van der Waals surface area (Å²) in [6.45, 7) is 6.16. The van der Waals surface area contributed by atoms with Gasteiger partial charge < -0.3 is 19.9 Å². The molecular weight excluding hydrogens is 465 g/mol. The zero-order valence-electron chi connectivity index (χ0n) is 20.2. The molecule has 0 saturated carbocycles. The van der Waals surface area contributed by atoms with Crippen LogP contribution >= 0.6 is 11.3 Å². The number of aryl methyl sites for hydroxylation is 1. The standard InChI is InChI=1S/C27H32FN3O3S/c1-3-34-15-8-14-30(27(33)29-24-12-7-11-23(28)17-24)20-26(32)31(18-22-9-5-4-6-10-22)19-25-21(2)13-16-35-25/h4-7,9-13,16-17H,3,8,14-15,18-20H2,1-2H3,(H,29,33). The van der Waals surface area contributed by atoms with Crippen LogP contribution in [0.4, 0.5) is 14.9 Å². The molecule has 0 unspecified atom stereocenters. The first kappa shape index (κ1) is 26.4. The van der Waals surface area contributed by atoms with Gasteiger partial charge in [0, 0.05) is 36.9 Å². The summed E-state index contributed by atoms with van der Waals surface area (Å²) in [5.74, 6) is -0.602. The predicted octanol–water partition coefficient (Wildman–Crippen LogP) is 5.69. The lowest BCUT2D eigenvalue weighted by molar-refractivity contribution is -0.133. The summed E-state index contributed by atoms with van der Waals surface area (Å²) in [4.78, 5) is 30.9. The SMILES string of the molecule is CCOCCCN(CC(=O)N(Cc1ccccc1)Cc1sccc1C)C(=O)Nc1cccc(F)c1. The molecule has 0 saturated heterocycles. The largest absolute Gasteiger partial charge is 0.382 e. The molecule has 0 aliphatic heterocycles. The van der Waals surface area contributed by atoms with Crippen LogP contribution in [0.1, 0.15) is 29.3 Å². The van der Waals surface area contributed by atoms with Crippen LogP contribution in [0.3, 0.4) is 0 Å². The molecule has 0 radical (unpaired) electrons. The lowest BCUT2D eigenvalue weighted by Gasteiger charge is -2.28. The average Bonchev–Trinajstić information content (AvgIpc) is 3.25. The lowest BCUT2D eigenvalue weighted by Crippen LogP contribution is -2.44. The Morgan fingerprint density at radius 2 is 1.83 bits per heavy atom. The lowest BCUT2D eigenvalue weighted by atomic mass is 10.2. The van der Waals surface area contributed by atoms with Gasteiger partial charge in [0.05, 0.1) is 6.54 Å². The summed E-state index contributed by atoms with van der Waals surface area (Å²) < 4.78 is 19.0. The van der Waals surface area contributed by atoms with E-state index in [1.165, 1.54) is 23.1 Å². The zero-order chi connectivity index (χ0) is 25.0. The molecule has 3 rings (SSSR count). The quantitative estimate of drug-likeness (QED) is 0.327. The first-order chi connectivity index (χ1) is 17.0. The average molecular weight is 498 g/mol. The molecule has 0 atom stereocenters. The highest BCUT2D eigenvalue weighted by atomic mass is 32.1. The highest BCUT2D eigenvalue weighted by molar-refractivity contribution is 7.10. The first-order valence-corrected chi connectivity index (χ1v) is 12.6. The van der Waals surface area contributed by atoms with Gasteiger partial charge in [-0.15, -0.1) is 11.3 Å². The van der Waals surface area contributed by atoms with Gasteiger partial charge in [-0.1, -0.05) is 36.4 Å². The van der Waals surface area contributed by atoms with Crippen molar-refractivity contribution in [2.75, 3.05) is 31.6 Å². The topological polar surface area (TPSA) is 61.9 Å². The van der Waals surface area contributed by atoms with Crippen molar-refractivity contribution in [3.05, 3.63) is 87.9 Å². The third-order valence-electron chi connectivity index (χ3n) is 5.48. The van der Waals surface area contributed by atoms with Gasteiger partial charge >= 0.3 is 6.03 Å². The summed E-state index contributed by atoms with van der Waals surface area (Å²) >= 11 is 1.61. The normalized spacial score (nSPS) is 10.7. The van der Waals surface area contributed by atoms with Crippen LogP contribution in [-0.2, 0) is 22.6 Å². The number of nitrogens with zero attached hydrogens (tertiary/aromatic N) is 2. The van der Waals surface area contributed by atoms with Crippen LogP contribution in [0.25, 0.3) is 0 Å². The third kappa shape index (κ3) is 8.49. The Morgan fingerprint density at radius 1 is 1.03 bits per heavy atom. The van der Waals surface area contributed by atoms with E-state index in [9.17, 15) is 14.0 Å². The van der Waals surface area contributed by atoms with Gasteiger partial charge in [0.1, 0.15) is 12.4 Å². The number of hydrogen-bond donors (Lipinski definition) is 1. The second-order valence-electron chi connectivity index (χ2n) is 8.17. The van der Waals surface area contributed by atoms with Gasteiger partial charge in [-0.05, 0) is 61.0 Å². The van der Waals surface area contributed by atoms with Gasteiger partial charge in [-0.25, -0.2) is 9.18 Å². The number of carbonyl (C=O) groups is 2. The smallest absolute Gasteiger partial charge is 0.322 e. The number of thiophene rings is 1. The summed E-state index contributed by atoms with van der Waals surface area (Å²) in [5, 5.41) is 4.73. The minimum absolute atomic E-state index is 0.0927. The molecule has 2 aromatic carbocycles. The molecular formula is C27H32FN3O3S. The highest BCUT2D eigenvalue weighted by Gasteiger charge is 2.23. The molecule has 0 aliphatic carbocycles. The summed E-state index contributed by atoms with van der Waals surface area (Å²) in [5.41, 5.74) is 2.49. The third-order valence-corrected chi connectivity index (χ3v) is 6.49. The van der Waals surface area contributed by atoms with Crippen molar-refractivity contribution in [2.24, 2.45) is 0 Å². The number of urea groups is 1. The summed E-state index contributed by atoms with van der Waals surface area (Å²) in [6.07, 6.45) is 0.584. The fourth-order valence-electron chi connectivity index (χ4n) is 3.56. The Hall–Kier alpha value is -3.23. The number of amides is 3. The molecule has 35 heavy (non-hydrogen) atoms. The molecule has 1 aromatic heterocycles. The van der Waals surface area contributed by atoms with E-state index >= 15 is 0 Å². The Kier molecular flexibility index (Phi) is 10.3. The van der Waals surface area contributed by atoms with E-state index in [1.54, 1.807) is 22.3 Å². The van der Waals surface area contributed by atoms with Crippen molar-refractivity contribution in [2.45, 2.75) is 33.4 Å². The Balaban J connectivity index is 1.75. The van der Waals surface area contributed by atoms with E-state index in [2.05, 4.69) is 5.32 Å². The highest BCUT2D eigenvalue weighted by Crippen LogP contribution is 2.20. The monoisotopic (exact) mass is 497 g/mol. The van der Waals surface area contributed by atoms with Gasteiger partial charge in [0.15, 0.2) is 0 Å². The molecule has 0 fully saturated rings. The number of ether oxygens (including phenoxy) is 1. The van der Waals surface area contributed by atoms with Crippen LogP contribution in [0.2, 0.25) is 0 Å². The molecule has 1 heterocycles. The van der Waals surface area contributed by atoms with Crippen molar-refractivity contribution in [3.63, 3.8) is 0 Å². The van der Waals surface area contributed by atoms with Gasteiger partial charge in [0.25, 0.3) is 0 Å². The molecule has 0 spiro atoms. The number of rotatable bonds is 12. The molecule has 186 valence electrons. The number of benzene rings is 2. The van der Waals surface area contributed by atoms with E-state index in [0.717, 1.165) is 16.0 Å². The van der Waals surface area contributed by atoms with Crippen LogP contribution in [0.15, 0.2) is 66.0 Å². The molecule has 3 aromatic rings. The number of nitrogens with one attached hydrogen (secondary N) is 1. The van der Waals surface area contributed by atoms with Gasteiger partial charge in [-0.2, -0.15) is 0 Å². The summed E-state index contributed by atoms with van der Waals surface area (Å²) in [7, 11) is 0. The zero-order valence-corrected chi connectivity index (χ0v) is 21.0. The molecule has 3 amide bonds. The molecule has 6 nitrogen and oxygen atoms in total. The second kappa shape index (κ2) is 13.6. The molecule has 1 N–H and O–H groups in total. The van der Waals surface area contributed by atoms with E-state index in [-0.39, 0.29) is 12.5 Å². The predicted molar refractivity (Wildman–Crippen MR) is 138 cm³/mol. The second-order valence-corrected chi connectivity index (χ2v) is 9.18. The van der Waals surface area contributed by atoms with E-state index in [4.69, 9.17) is 4.74 Å². The molecule has 8 heteroatoms. The fourth-order valence-corrected chi connectivity index (χ4v) is 4.48. The maximum Gasteiger partial charge on any atom is 0.322 e. The van der Waals surface area contributed by atoms with E-state index < -0.39 is 11.8 Å². The van der Waals surface area contributed by atoms with Crippen molar-refractivity contribution in [1.29, 1.82) is 0 Å². The van der Waals surface area contributed by atoms with Crippen molar-refractivity contribution in [1.82, 2.24) is 9.80 Å². The van der Waals surface area contributed by atoms with Gasteiger partial charge in [0.2, 0.25) is 5.91 Å². The minimum Gasteiger partial charge on any atom is -0.382 e. The van der Waals surface area contributed by atoms with Crippen molar-refractivity contribution in [3.8, 4) is 0 Å². The minimum atomic E-state index is -0.451. The molecule has 0 aliphatic rings. The first-order valence-electron chi connectivity index (χ1n) is 11.7. The fraction of sp³-hybridized carbons (Fsp3) is 0.333. The Morgan fingerprint density at radius 3 is 2.51 bits per heavy atom. The number of hydrogen-bond acceptors (Lipinski definition) is 4. The maximum absolute atomic E-state index is 13.6.